The summed E-state index contributed by atoms with van der Waals surface area (Å²) in [7, 11) is 0. The molecule has 18 heavy (non-hydrogen) atoms. The molecule has 4 nitrogen and oxygen atoms in total. The largest absolute Gasteiger partial charge is 0.466 e. The fourth-order valence-corrected chi connectivity index (χ4v) is 3.25. The maximum Gasteiger partial charge on any atom is 0.309 e. The van der Waals surface area contributed by atoms with Crippen molar-refractivity contribution in [3.8, 4) is 0 Å². The highest BCUT2D eigenvalue weighted by molar-refractivity contribution is 5.73. The van der Waals surface area contributed by atoms with Crippen molar-refractivity contribution >= 4 is 5.97 Å². The standard InChI is InChI=1S/C14H24N2O2/c1-2-18-14(17)11-9-13(10-11)16-7-5-15(6-8-16)12-3-4-12/h11-13H,2-10H2,1H3. The van der Waals surface area contributed by atoms with E-state index in [-0.39, 0.29) is 11.9 Å². The van der Waals surface area contributed by atoms with Crippen molar-refractivity contribution in [1.29, 1.82) is 0 Å². The zero-order valence-electron chi connectivity index (χ0n) is 11.3. The molecule has 1 heterocycles. The van der Waals surface area contributed by atoms with Gasteiger partial charge in [0.15, 0.2) is 0 Å². The second-order valence-corrected chi connectivity index (χ2v) is 5.88. The molecule has 1 aliphatic heterocycles. The molecular formula is C14H24N2O2. The Morgan fingerprint density at radius 2 is 1.61 bits per heavy atom. The molecule has 3 fully saturated rings. The molecule has 0 aromatic carbocycles. The summed E-state index contributed by atoms with van der Waals surface area (Å²) in [5.41, 5.74) is 0. The minimum absolute atomic E-state index is 0.0189. The minimum Gasteiger partial charge on any atom is -0.466 e. The third-order valence-corrected chi connectivity index (χ3v) is 4.66. The average Bonchev–Trinajstić information content (AvgIpc) is 3.12. The zero-order valence-corrected chi connectivity index (χ0v) is 11.3. The van der Waals surface area contributed by atoms with Gasteiger partial charge in [0, 0.05) is 38.3 Å². The molecule has 0 amide bonds. The fraction of sp³-hybridized carbons (Fsp3) is 0.929. The molecule has 2 aliphatic carbocycles. The van der Waals surface area contributed by atoms with E-state index in [0.717, 1.165) is 18.9 Å². The lowest BCUT2D eigenvalue weighted by atomic mass is 9.79. The Labute approximate surface area is 109 Å². The number of ether oxygens (including phenoxy) is 1. The topological polar surface area (TPSA) is 32.8 Å². The van der Waals surface area contributed by atoms with E-state index >= 15 is 0 Å². The Bertz CT molecular complexity index is 303. The average molecular weight is 252 g/mol. The van der Waals surface area contributed by atoms with Crippen LogP contribution in [0.5, 0.6) is 0 Å². The molecule has 3 rings (SSSR count). The van der Waals surface area contributed by atoms with Crippen molar-refractivity contribution in [1.82, 2.24) is 9.80 Å². The predicted octanol–water partition coefficient (Wildman–Crippen LogP) is 1.11. The number of rotatable bonds is 4. The van der Waals surface area contributed by atoms with E-state index in [0.29, 0.717) is 12.6 Å². The predicted molar refractivity (Wildman–Crippen MR) is 69.3 cm³/mol. The van der Waals surface area contributed by atoms with Crippen LogP contribution in [0, 0.1) is 5.92 Å². The summed E-state index contributed by atoms with van der Waals surface area (Å²) in [5.74, 6) is 0.196. The molecular weight excluding hydrogens is 228 g/mol. The molecule has 102 valence electrons. The van der Waals surface area contributed by atoms with E-state index in [1.807, 2.05) is 6.92 Å². The maximum absolute atomic E-state index is 11.6. The first kappa shape index (κ1) is 12.4. The zero-order chi connectivity index (χ0) is 12.5. The molecule has 0 atom stereocenters. The van der Waals surface area contributed by atoms with Crippen LogP contribution in [0.2, 0.25) is 0 Å². The lowest BCUT2D eigenvalue weighted by Gasteiger charge is -2.45. The number of esters is 1. The van der Waals surface area contributed by atoms with Crippen molar-refractivity contribution in [2.75, 3.05) is 32.8 Å². The van der Waals surface area contributed by atoms with E-state index in [2.05, 4.69) is 9.80 Å². The molecule has 0 spiro atoms. The van der Waals surface area contributed by atoms with Crippen LogP contribution in [-0.2, 0) is 9.53 Å². The second-order valence-electron chi connectivity index (χ2n) is 5.88. The Hall–Kier alpha value is -0.610. The Kier molecular flexibility index (Phi) is 3.57. The van der Waals surface area contributed by atoms with Crippen LogP contribution in [0.15, 0.2) is 0 Å². The Balaban J connectivity index is 1.38. The van der Waals surface area contributed by atoms with Crippen LogP contribution in [0.4, 0.5) is 0 Å². The molecule has 0 aromatic heterocycles. The van der Waals surface area contributed by atoms with Crippen LogP contribution in [0.25, 0.3) is 0 Å². The summed E-state index contributed by atoms with van der Waals surface area (Å²) in [6, 6.07) is 1.54. The molecule has 4 heteroatoms. The van der Waals surface area contributed by atoms with Crippen molar-refractivity contribution in [2.45, 2.75) is 44.7 Å². The summed E-state index contributed by atoms with van der Waals surface area (Å²) in [6.45, 7) is 7.23. The first-order chi connectivity index (χ1) is 8.78. The number of piperazine rings is 1. The highest BCUT2D eigenvalue weighted by Gasteiger charge is 2.40. The lowest BCUT2D eigenvalue weighted by Crippen LogP contribution is -2.55. The van der Waals surface area contributed by atoms with Crippen molar-refractivity contribution in [2.24, 2.45) is 5.92 Å². The fourth-order valence-electron chi connectivity index (χ4n) is 3.25. The monoisotopic (exact) mass is 252 g/mol. The van der Waals surface area contributed by atoms with Gasteiger partial charge in [0.1, 0.15) is 0 Å². The van der Waals surface area contributed by atoms with Gasteiger partial charge in [-0.25, -0.2) is 0 Å². The molecule has 0 radical (unpaired) electrons. The number of hydrogen-bond donors (Lipinski definition) is 0. The SMILES string of the molecule is CCOC(=O)C1CC(N2CCN(C3CC3)CC2)C1. The van der Waals surface area contributed by atoms with Crippen LogP contribution >= 0.6 is 0 Å². The Morgan fingerprint density at radius 1 is 1.06 bits per heavy atom. The molecule has 0 bridgehead atoms. The van der Waals surface area contributed by atoms with Crippen LogP contribution in [-0.4, -0.2) is 60.6 Å². The molecule has 0 aromatic rings. The van der Waals surface area contributed by atoms with Gasteiger partial charge in [-0.2, -0.15) is 0 Å². The second kappa shape index (κ2) is 5.17. The van der Waals surface area contributed by atoms with E-state index in [1.54, 1.807) is 0 Å². The van der Waals surface area contributed by atoms with Gasteiger partial charge in [-0.15, -0.1) is 0 Å². The first-order valence-electron chi connectivity index (χ1n) is 7.42. The van der Waals surface area contributed by atoms with Crippen LogP contribution in [0.1, 0.15) is 32.6 Å². The van der Waals surface area contributed by atoms with Gasteiger partial charge >= 0.3 is 5.97 Å². The summed E-state index contributed by atoms with van der Waals surface area (Å²) in [6.07, 6.45) is 4.85. The van der Waals surface area contributed by atoms with Crippen LogP contribution in [0.3, 0.4) is 0 Å². The lowest BCUT2D eigenvalue weighted by molar-refractivity contribution is -0.153. The number of nitrogens with zero attached hydrogens (tertiary/aromatic N) is 2. The normalized spacial score (nSPS) is 34.1. The van der Waals surface area contributed by atoms with Gasteiger partial charge in [0.05, 0.1) is 12.5 Å². The quantitative estimate of drug-likeness (QED) is 0.702. The van der Waals surface area contributed by atoms with Gasteiger partial charge in [0.2, 0.25) is 0 Å². The smallest absolute Gasteiger partial charge is 0.309 e. The maximum atomic E-state index is 11.6. The van der Waals surface area contributed by atoms with Gasteiger partial charge < -0.3 is 4.74 Å². The van der Waals surface area contributed by atoms with Crippen molar-refractivity contribution in [3.05, 3.63) is 0 Å². The highest BCUT2D eigenvalue weighted by Crippen LogP contribution is 2.34. The first-order valence-corrected chi connectivity index (χ1v) is 7.42. The van der Waals surface area contributed by atoms with Crippen molar-refractivity contribution in [3.63, 3.8) is 0 Å². The summed E-state index contributed by atoms with van der Waals surface area (Å²) in [5, 5.41) is 0. The van der Waals surface area contributed by atoms with Gasteiger partial charge in [-0.3, -0.25) is 14.6 Å². The van der Waals surface area contributed by atoms with Crippen molar-refractivity contribution < 1.29 is 9.53 Å². The van der Waals surface area contributed by atoms with E-state index in [9.17, 15) is 4.79 Å². The number of carbonyl (C=O) groups is 1. The van der Waals surface area contributed by atoms with E-state index in [1.165, 1.54) is 39.0 Å². The highest BCUT2D eigenvalue weighted by atomic mass is 16.5. The van der Waals surface area contributed by atoms with E-state index in [4.69, 9.17) is 4.74 Å². The molecule has 1 saturated heterocycles. The Morgan fingerprint density at radius 3 is 2.11 bits per heavy atom. The third kappa shape index (κ3) is 2.54. The van der Waals surface area contributed by atoms with Crippen LogP contribution < -0.4 is 0 Å². The third-order valence-electron chi connectivity index (χ3n) is 4.66. The van der Waals surface area contributed by atoms with Gasteiger partial charge in [0.25, 0.3) is 0 Å². The molecule has 0 unspecified atom stereocenters. The summed E-state index contributed by atoms with van der Waals surface area (Å²) < 4.78 is 5.07. The molecule has 2 saturated carbocycles. The number of hydrogen-bond acceptors (Lipinski definition) is 4. The summed E-state index contributed by atoms with van der Waals surface area (Å²) >= 11 is 0. The van der Waals surface area contributed by atoms with Gasteiger partial charge in [-0.1, -0.05) is 0 Å². The number of carbonyl (C=O) groups excluding carboxylic acids is 1. The molecule has 0 N–H and O–H groups in total. The van der Waals surface area contributed by atoms with Gasteiger partial charge in [-0.05, 0) is 32.6 Å². The van der Waals surface area contributed by atoms with E-state index < -0.39 is 0 Å². The minimum atomic E-state index is 0.0189. The summed E-state index contributed by atoms with van der Waals surface area (Å²) in [4.78, 5) is 16.8. The molecule has 3 aliphatic rings.